The summed E-state index contributed by atoms with van der Waals surface area (Å²) in [6.45, 7) is 0.194. The molecule has 0 saturated carbocycles. The molecule has 0 radical (unpaired) electrons. The number of hydrogen-bond donors (Lipinski definition) is 1. The lowest BCUT2D eigenvalue weighted by Gasteiger charge is -2.22. The van der Waals surface area contributed by atoms with Gasteiger partial charge >= 0.3 is 0 Å². The normalized spacial score (nSPS) is 11.0. The van der Waals surface area contributed by atoms with Crippen LogP contribution in [0.5, 0.6) is 11.5 Å². The van der Waals surface area contributed by atoms with Crippen molar-refractivity contribution in [3.63, 3.8) is 0 Å². The third-order valence-electron chi connectivity index (χ3n) is 4.40. The molecule has 3 aromatic carbocycles. The maximum absolute atomic E-state index is 12.5. The van der Waals surface area contributed by atoms with Crippen LogP contribution in [0.1, 0.15) is 12.8 Å². The van der Waals surface area contributed by atoms with E-state index in [1.54, 1.807) is 42.5 Å². The fourth-order valence-corrected chi connectivity index (χ4v) is 4.12. The Morgan fingerprint density at radius 3 is 2.29 bits per heavy atom. The molecule has 3 rings (SSSR count). The summed E-state index contributed by atoms with van der Waals surface area (Å²) < 4.78 is 31.4. The predicted molar refractivity (Wildman–Crippen MR) is 124 cm³/mol. The second-order valence-corrected chi connectivity index (χ2v) is 9.22. The zero-order chi connectivity index (χ0) is 22.3. The molecule has 1 N–H and O–H groups in total. The van der Waals surface area contributed by atoms with Crippen LogP contribution in [0.3, 0.4) is 0 Å². The minimum atomic E-state index is -3.46. The highest BCUT2D eigenvalue weighted by atomic mass is 35.5. The van der Waals surface area contributed by atoms with E-state index in [4.69, 9.17) is 16.3 Å². The monoisotopic (exact) mass is 458 g/mol. The fourth-order valence-electron chi connectivity index (χ4n) is 2.98. The van der Waals surface area contributed by atoms with Gasteiger partial charge in [0.05, 0.1) is 17.6 Å². The minimum Gasteiger partial charge on any atom is -0.455 e. The number of para-hydroxylation sites is 2. The average molecular weight is 459 g/mol. The van der Waals surface area contributed by atoms with Crippen LogP contribution in [0.25, 0.3) is 0 Å². The van der Waals surface area contributed by atoms with Crippen molar-refractivity contribution in [3.8, 4) is 11.5 Å². The summed E-state index contributed by atoms with van der Waals surface area (Å²) in [5, 5.41) is 3.27. The van der Waals surface area contributed by atoms with Crippen LogP contribution < -0.4 is 14.4 Å². The number of halogens is 1. The molecule has 6 nitrogen and oxygen atoms in total. The van der Waals surface area contributed by atoms with Crippen LogP contribution in [-0.4, -0.2) is 27.1 Å². The second kappa shape index (κ2) is 10.3. The number of carbonyl (C=O) groups excluding carboxylic acids is 1. The Bertz CT molecular complexity index is 1120. The Hall–Kier alpha value is -3.03. The topological polar surface area (TPSA) is 75.7 Å². The first-order chi connectivity index (χ1) is 14.8. The first kappa shape index (κ1) is 22.7. The standard InChI is InChI=1S/C23H23ClN2O4S/c1-31(28,29)26(19-9-4-2-5-10-19)16-8-13-23(27)25-21-17-18(24)14-15-22(21)30-20-11-6-3-7-12-20/h2-7,9-12,14-15,17H,8,13,16H2,1H3,(H,25,27). The quantitative estimate of drug-likeness (QED) is 0.471. The molecule has 1 amide bonds. The number of anilines is 2. The number of benzene rings is 3. The largest absolute Gasteiger partial charge is 0.455 e. The molecule has 3 aromatic rings. The zero-order valence-electron chi connectivity index (χ0n) is 17.0. The van der Waals surface area contributed by atoms with Crippen molar-refractivity contribution in [2.45, 2.75) is 12.8 Å². The smallest absolute Gasteiger partial charge is 0.232 e. The molecule has 0 spiro atoms. The number of ether oxygens (including phenoxy) is 1. The third-order valence-corrected chi connectivity index (χ3v) is 5.83. The number of carbonyl (C=O) groups is 1. The molecule has 0 aliphatic rings. The first-order valence-electron chi connectivity index (χ1n) is 9.68. The maximum Gasteiger partial charge on any atom is 0.232 e. The molecular formula is C23H23ClN2O4S. The van der Waals surface area contributed by atoms with Gasteiger partial charge in [-0.05, 0) is 48.9 Å². The molecule has 0 fully saturated rings. The van der Waals surface area contributed by atoms with Gasteiger partial charge in [0, 0.05) is 18.0 Å². The van der Waals surface area contributed by atoms with Gasteiger partial charge in [-0.1, -0.05) is 48.0 Å². The van der Waals surface area contributed by atoms with E-state index in [1.807, 2.05) is 36.4 Å². The van der Waals surface area contributed by atoms with Crippen molar-refractivity contribution < 1.29 is 17.9 Å². The number of nitrogens with one attached hydrogen (secondary N) is 1. The number of amides is 1. The molecule has 0 unspecified atom stereocenters. The van der Waals surface area contributed by atoms with Crippen LogP contribution in [0.4, 0.5) is 11.4 Å². The predicted octanol–water partition coefficient (Wildman–Crippen LogP) is 5.32. The van der Waals surface area contributed by atoms with Gasteiger partial charge in [-0.2, -0.15) is 0 Å². The van der Waals surface area contributed by atoms with Gasteiger partial charge in [0.2, 0.25) is 15.9 Å². The van der Waals surface area contributed by atoms with Gasteiger partial charge < -0.3 is 10.1 Å². The Morgan fingerprint density at radius 2 is 1.65 bits per heavy atom. The highest BCUT2D eigenvalue weighted by Crippen LogP contribution is 2.32. The highest BCUT2D eigenvalue weighted by Gasteiger charge is 2.17. The van der Waals surface area contributed by atoms with Gasteiger partial charge in [-0.3, -0.25) is 9.10 Å². The van der Waals surface area contributed by atoms with E-state index >= 15 is 0 Å². The van der Waals surface area contributed by atoms with Crippen LogP contribution in [0, 0.1) is 0 Å². The molecule has 0 bridgehead atoms. The highest BCUT2D eigenvalue weighted by molar-refractivity contribution is 7.92. The van der Waals surface area contributed by atoms with Gasteiger partial charge in [-0.25, -0.2) is 8.42 Å². The average Bonchev–Trinajstić information content (AvgIpc) is 2.74. The van der Waals surface area contributed by atoms with Crippen LogP contribution in [0.15, 0.2) is 78.9 Å². The number of nitrogens with zero attached hydrogens (tertiary/aromatic N) is 1. The fraction of sp³-hybridized carbons (Fsp3) is 0.174. The molecule has 0 saturated heterocycles. The summed E-state index contributed by atoms with van der Waals surface area (Å²) in [6, 6.07) is 23.0. The summed E-state index contributed by atoms with van der Waals surface area (Å²) in [5.74, 6) is 0.833. The van der Waals surface area contributed by atoms with E-state index in [0.717, 1.165) is 6.26 Å². The van der Waals surface area contributed by atoms with Crippen LogP contribution in [-0.2, 0) is 14.8 Å². The SMILES string of the molecule is CS(=O)(=O)N(CCCC(=O)Nc1cc(Cl)ccc1Oc1ccccc1)c1ccccc1. The number of hydrogen-bond acceptors (Lipinski definition) is 4. The molecule has 162 valence electrons. The molecule has 31 heavy (non-hydrogen) atoms. The van der Waals surface area contributed by atoms with Crippen LogP contribution >= 0.6 is 11.6 Å². The van der Waals surface area contributed by atoms with Crippen molar-refractivity contribution in [2.24, 2.45) is 0 Å². The first-order valence-corrected chi connectivity index (χ1v) is 11.9. The van der Waals surface area contributed by atoms with E-state index in [0.29, 0.717) is 34.3 Å². The van der Waals surface area contributed by atoms with Crippen molar-refractivity contribution in [2.75, 3.05) is 22.4 Å². The van der Waals surface area contributed by atoms with Crippen molar-refractivity contribution in [1.82, 2.24) is 0 Å². The molecule has 8 heteroatoms. The summed E-state index contributed by atoms with van der Waals surface area (Å²) in [5.41, 5.74) is 1.02. The second-order valence-electron chi connectivity index (χ2n) is 6.88. The van der Waals surface area contributed by atoms with Crippen molar-refractivity contribution >= 4 is 38.9 Å². The molecule has 0 aliphatic carbocycles. The van der Waals surface area contributed by atoms with Gasteiger partial charge in [-0.15, -0.1) is 0 Å². The Kier molecular flexibility index (Phi) is 7.55. The Morgan fingerprint density at radius 1 is 1.00 bits per heavy atom. The summed E-state index contributed by atoms with van der Waals surface area (Å²) in [4.78, 5) is 12.5. The van der Waals surface area contributed by atoms with Crippen LogP contribution in [0.2, 0.25) is 5.02 Å². The Balaban J connectivity index is 1.63. The molecule has 0 heterocycles. The third kappa shape index (κ3) is 6.73. The molecule has 0 aromatic heterocycles. The zero-order valence-corrected chi connectivity index (χ0v) is 18.6. The molecular weight excluding hydrogens is 436 g/mol. The van der Waals surface area contributed by atoms with Gasteiger partial charge in [0.1, 0.15) is 5.75 Å². The van der Waals surface area contributed by atoms with E-state index in [2.05, 4.69) is 5.32 Å². The molecule has 0 aliphatic heterocycles. The van der Waals surface area contributed by atoms with E-state index in [1.165, 1.54) is 4.31 Å². The summed E-state index contributed by atoms with van der Waals surface area (Å²) in [7, 11) is -3.46. The summed E-state index contributed by atoms with van der Waals surface area (Å²) >= 11 is 6.09. The lowest BCUT2D eigenvalue weighted by molar-refractivity contribution is -0.116. The maximum atomic E-state index is 12.5. The van der Waals surface area contributed by atoms with Gasteiger partial charge in [0.25, 0.3) is 0 Å². The van der Waals surface area contributed by atoms with Crippen molar-refractivity contribution in [3.05, 3.63) is 83.9 Å². The van der Waals surface area contributed by atoms with Gasteiger partial charge in [0.15, 0.2) is 5.75 Å². The number of rotatable bonds is 9. The lowest BCUT2D eigenvalue weighted by Crippen LogP contribution is -2.31. The molecule has 0 atom stereocenters. The Labute approximate surface area is 187 Å². The van der Waals surface area contributed by atoms with Crippen molar-refractivity contribution in [1.29, 1.82) is 0 Å². The van der Waals surface area contributed by atoms with E-state index < -0.39 is 10.0 Å². The summed E-state index contributed by atoms with van der Waals surface area (Å²) in [6.07, 6.45) is 1.64. The minimum absolute atomic E-state index is 0.135. The van der Waals surface area contributed by atoms with E-state index in [-0.39, 0.29) is 18.9 Å². The number of sulfonamides is 1. The lowest BCUT2D eigenvalue weighted by atomic mass is 10.2. The van der Waals surface area contributed by atoms with E-state index in [9.17, 15) is 13.2 Å².